The van der Waals surface area contributed by atoms with Gasteiger partial charge in [-0.3, -0.25) is 4.79 Å². The first kappa shape index (κ1) is 20.4. The smallest absolute Gasteiger partial charge is 0.277 e. The first-order valence-electron chi connectivity index (χ1n) is 8.22. The van der Waals surface area contributed by atoms with Crippen LogP contribution in [0.5, 0.6) is 5.75 Å². The number of nitrogens with zero attached hydrogens (tertiary/aromatic N) is 2. The number of carbonyl (C=O) groups excluding carboxylic acids is 1. The first-order valence-corrected chi connectivity index (χ1v) is 10.5. The summed E-state index contributed by atoms with van der Waals surface area (Å²) in [5.41, 5.74) is 1.77. The van der Waals surface area contributed by atoms with E-state index in [9.17, 15) is 4.79 Å². The van der Waals surface area contributed by atoms with Crippen molar-refractivity contribution in [2.75, 3.05) is 23.8 Å². The van der Waals surface area contributed by atoms with Crippen molar-refractivity contribution in [3.05, 3.63) is 63.2 Å². The molecule has 0 aliphatic heterocycles. The lowest BCUT2D eigenvalue weighted by molar-refractivity contribution is 0.102. The highest BCUT2D eigenvalue weighted by molar-refractivity contribution is 14.1. The van der Waals surface area contributed by atoms with Crippen LogP contribution in [-0.4, -0.2) is 33.8 Å². The molecule has 7 nitrogen and oxygen atoms in total. The Bertz CT molecular complexity index is 918. The number of carbonyl (C=O) groups is 1. The van der Waals surface area contributed by atoms with Crippen molar-refractivity contribution in [3.63, 3.8) is 0 Å². The third-order valence-corrected chi connectivity index (χ3v) is 4.93. The maximum absolute atomic E-state index is 11.9. The van der Waals surface area contributed by atoms with E-state index in [2.05, 4.69) is 48.1 Å². The molecule has 1 amide bonds. The molecule has 0 aliphatic carbocycles. The van der Waals surface area contributed by atoms with Gasteiger partial charge >= 0.3 is 0 Å². The van der Waals surface area contributed by atoms with Crippen molar-refractivity contribution in [3.8, 4) is 5.75 Å². The molecule has 10 heteroatoms. The van der Waals surface area contributed by atoms with Crippen LogP contribution in [0.1, 0.15) is 10.5 Å². The number of hydrogen-bond acceptors (Lipinski definition) is 6. The van der Waals surface area contributed by atoms with E-state index in [4.69, 9.17) is 17.0 Å². The number of ether oxygens (including phenoxy) is 1. The molecule has 0 saturated heterocycles. The Hall–Kier alpha value is -2.31. The zero-order valence-electron chi connectivity index (χ0n) is 14.5. The minimum atomic E-state index is -0.292. The van der Waals surface area contributed by atoms with Gasteiger partial charge in [0.05, 0.1) is 6.54 Å². The lowest BCUT2D eigenvalue weighted by atomic mass is 10.2. The van der Waals surface area contributed by atoms with Gasteiger partial charge in [-0.25, -0.2) is 0 Å². The predicted octanol–water partition coefficient (Wildman–Crippen LogP) is 3.76. The van der Waals surface area contributed by atoms with E-state index in [1.807, 2.05) is 36.4 Å². The van der Waals surface area contributed by atoms with Gasteiger partial charge in [0.25, 0.3) is 5.91 Å². The summed E-state index contributed by atoms with van der Waals surface area (Å²) in [6, 6.07) is 15.1. The Balaban J connectivity index is 1.39. The van der Waals surface area contributed by atoms with Crippen LogP contribution in [0.15, 0.2) is 53.9 Å². The van der Waals surface area contributed by atoms with E-state index < -0.39 is 0 Å². The monoisotopic (exact) mass is 525 g/mol. The fraction of sp³-hybridized carbons (Fsp3) is 0.111. The molecule has 3 rings (SSSR count). The maximum Gasteiger partial charge on any atom is 0.277 e. The number of amides is 1. The van der Waals surface area contributed by atoms with Crippen molar-refractivity contribution in [1.29, 1.82) is 0 Å². The zero-order chi connectivity index (χ0) is 19.8. The molecule has 0 radical (unpaired) electrons. The Kier molecular flexibility index (Phi) is 7.51. The summed E-state index contributed by atoms with van der Waals surface area (Å²) >= 11 is 8.66. The normalized spacial score (nSPS) is 10.2. The van der Waals surface area contributed by atoms with Gasteiger partial charge in [-0.15, -0.1) is 5.10 Å². The molecular formula is C18H16IN5O2S2. The SMILES string of the molecule is O=C(Nc1ccc(NC(=S)NCCOc2ccc(I)cc2)cc1)c1csnn1. The summed E-state index contributed by atoms with van der Waals surface area (Å²) < 4.78 is 10.5. The van der Waals surface area contributed by atoms with E-state index in [0.717, 1.165) is 23.0 Å². The quantitative estimate of drug-likeness (QED) is 0.246. The molecule has 1 aromatic heterocycles. The average molecular weight is 525 g/mol. The Morgan fingerprint density at radius 3 is 2.39 bits per heavy atom. The van der Waals surface area contributed by atoms with E-state index in [0.29, 0.717) is 29.6 Å². The summed E-state index contributed by atoms with van der Waals surface area (Å²) in [5.74, 6) is 0.534. The van der Waals surface area contributed by atoms with Gasteiger partial charge in [0.15, 0.2) is 10.8 Å². The highest BCUT2D eigenvalue weighted by Gasteiger charge is 2.08. The van der Waals surface area contributed by atoms with Crippen molar-refractivity contribution in [1.82, 2.24) is 14.9 Å². The highest BCUT2D eigenvalue weighted by atomic mass is 127. The van der Waals surface area contributed by atoms with Crippen LogP contribution in [0.4, 0.5) is 11.4 Å². The van der Waals surface area contributed by atoms with Gasteiger partial charge in [0.1, 0.15) is 12.4 Å². The number of aromatic nitrogens is 2. The van der Waals surface area contributed by atoms with Gasteiger partial charge in [-0.05, 0) is 94.9 Å². The fourth-order valence-corrected chi connectivity index (χ4v) is 3.15. The molecular weight excluding hydrogens is 509 g/mol. The summed E-state index contributed by atoms with van der Waals surface area (Å²) in [6.45, 7) is 1.08. The number of halogens is 1. The molecule has 0 bridgehead atoms. The standard InChI is InChI=1S/C18H16IN5O2S2/c19-12-1-7-15(8-2-12)26-10-9-20-18(27)22-14-5-3-13(4-6-14)21-17(25)16-11-28-24-23-16/h1-8,11H,9-10H2,(H,21,25)(H2,20,22,27). The van der Waals surface area contributed by atoms with Crippen LogP contribution in [0.25, 0.3) is 0 Å². The molecule has 0 saturated carbocycles. The molecule has 0 atom stereocenters. The van der Waals surface area contributed by atoms with Crippen LogP contribution in [0.2, 0.25) is 0 Å². The van der Waals surface area contributed by atoms with Crippen LogP contribution in [-0.2, 0) is 0 Å². The van der Waals surface area contributed by atoms with E-state index in [-0.39, 0.29) is 5.91 Å². The largest absolute Gasteiger partial charge is 0.492 e. The lowest BCUT2D eigenvalue weighted by Crippen LogP contribution is -2.31. The number of nitrogens with one attached hydrogen (secondary N) is 3. The van der Waals surface area contributed by atoms with Crippen molar-refractivity contribution in [2.45, 2.75) is 0 Å². The molecule has 28 heavy (non-hydrogen) atoms. The van der Waals surface area contributed by atoms with Crippen LogP contribution >= 0.6 is 46.3 Å². The first-order chi connectivity index (χ1) is 13.6. The highest BCUT2D eigenvalue weighted by Crippen LogP contribution is 2.15. The second-order valence-electron chi connectivity index (χ2n) is 5.50. The summed E-state index contributed by atoms with van der Waals surface area (Å²) in [4.78, 5) is 11.9. The molecule has 0 fully saturated rings. The number of hydrogen-bond donors (Lipinski definition) is 3. The van der Waals surface area contributed by atoms with Gasteiger partial charge in [0, 0.05) is 20.3 Å². The average Bonchev–Trinajstić information content (AvgIpc) is 3.23. The van der Waals surface area contributed by atoms with Gasteiger partial charge in [-0.1, -0.05) is 4.49 Å². The molecule has 3 aromatic rings. The minimum Gasteiger partial charge on any atom is -0.492 e. The van der Waals surface area contributed by atoms with Gasteiger partial charge in [0.2, 0.25) is 0 Å². The second-order valence-corrected chi connectivity index (χ2v) is 7.77. The Morgan fingerprint density at radius 1 is 1.07 bits per heavy atom. The molecule has 0 aliphatic rings. The van der Waals surface area contributed by atoms with Crippen molar-refractivity contribution in [2.24, 2.45) is 0 Å². The van der Waals surface area contributed by atoms with Gasteiger partial charge < -0.3 is 20.7 Å². The van der Waals surface area contributed by atoms with Crippen molar-refractivity contribution >= 4 is 68.7 Å². The predicted molar refractivity (Wildman–Crippen MR) is 123 cm³/mol. The fourth-order valence-electron chi connectivity index (χ4n) is 2.14. The molecule has 0 spiro atoms. The lowest BCUT2D eigenvalue weighted by Gasteiger charge is -2.12. The van der Waals surface area contributed by atoms with E-state index >= 15 is 0 Å². The summed E-state index contributed by atoms with van der Waals surface area (Å²) in [7, 11) is 0. The third kappa shape index (κ3) is 6.39. The van der Waals surface area contributed by atoms with Gasteiger partial charge in [-0.2, -0.15) is 0 Å². The van der Waals surface area contributed by atoms with E-state index in [1.54, 1.807) is 17.5 Å². The number of anilines is 2. The second kappa shape index (κ2) is 10.3. The Labute approximate surface area is 185 Å². The maximum atomic E-state index is 11.9. The molecule has 1 heterocycles. The van der Waals surface area contributed by atoms with Crippen LogP contribution in [0, 0.1) is 3.57 Å². The molecule has 2 aromatic carbocycles. The van der Waals surface area contributed by atoms with Crippen LogP contribution in [0.3, 0.4) is 0 Å². The zero-order valence-corrected chi connectivity index (χ0v) is 18.3. The summed E-state index contributed by atoms with van der Waals surface area (Å²) in [6.07, 6.45) is 0. The molecule has 3 N–H and O–H groups in total. The molecule has 0 unspecified atom stereocenters. The minimum absolute atomic E-state index is 0.292. The number of rotatable bonds is 7. The van der Waals surface area contributed by atoms with E-state index in [1.165, 1.54) is 3.57 Å². The number of benzene rings is 2. The van der Waals surface area contributed by atoms with Crippen LogP contribution < -0.4 is 20.7 Å². The Morgan fingerprint density at radius 2 is 1.75 bits per heavy atom. The molecule has 144 valence electrons. The van der Waals surface area contributed by atoms with Crippen molar-refractivity contribution < 1.29 is 9.53 Å². The summed E-state index contributed by atoms with van der Waals surface area (Å²) in [5, 5.41) is 14.8. The topological polar surface area (TPSA) is 88.2 Å². The number of thiocarbonyl (C=S) groups is 1. The third-order valence-electron chi connectivity index (χ3n) is 3.46.